The van der Waals surface area contributed by atoms with E-state index in [9.17, 15) is 0 Å². The molecule has 2 rings (SSSR count). The van der Waals surface area contributed by atoms with Crippen molar-refractivity contribution in [2.45, 2.75) is 58.4 Å². The molecule has 0 bridgehead atoms. The summed E-state index contributed by atoms with van der Waals surface area (Å²) >= 11 is 1.77. The van der Waals surface area contributed by atoms with Gasteiger partial charge >= 0.3 is 0 Å². The first kappa shape index (κ1) is 13.0. The van der Waals surface area contributed by atoms with E-state index < -0.39 is 0 Å². The lowest BCUT2D eigenvalue weighted by molar-refractivity contribution is 0.360. The molecule has 0 aromatic carbocycles. The Kier molecular flexibility index (Phi) is 5.46. The lowest BCUT2D eigenvalue weighted by Crippen LogP contribution is -2.23. The first-order valence-electron chi connectivity index (χ1n) is 6.96. The van der Waals surface area contributed by atoms with Crippen LogP contribution < -0.4 is 5.32 Å². The van der Waals surface area contributed by atoms with E-state index in [4.69, 9.17) is 0 Å². The molecule has 0 aliphatic heterocycles. The fraction of sp³-hybridized carbons (Fsp3) is 0.786. The predicted molar refractivity (Wildman–Crippen MR) is 74.4 cm³/mol. The number of aromatic nitrogens is 1. The van der Waals surface area contributed by atoms with Gasteiger partial charge in [0.15, 0.2) is 0 Å². The molecule has 0 radical (unpaired) electrons. The SMILES string of the molecule is Cc1csc(CNCC2CCCCCCC2)n1. The Balaban J connectivity index is 1.66. The number of hydrogen-bond acceptors (Lipinski definition) is 3. The van der Waals surface area contributed by atoms with Crippen LogP contribution in [-0.4, -0.2) is 11.5 Å². The van der Waals surface area contributed by atoms with Crippen LogP contribution in [0.4, 0.5) is 0 Å². The molecule has 1 aliphatic rings. The van der Waals surface area contributed by atoms with Gasteiger partial charge in [-0.15, -0.1) is 11.3 Å². The summed E-state index contributed by atoms with van der Waals surface area (Å²) in [5, 5.41) is 6.94. The molecule has 0 atom stereocenters. The Bertz CT molecular complexity index is 314. The molecule has 1 fully saturated rings. The average Bonchev–Trinajstić information content (AvgIpc) is 2.67. The van der Waals surface area contributed by atoms with Crippen molar-refractivity contribution < 1.29 is 0 Å². The first-order chi connectivity index (χ1) is 8.34. The number of aryl methyl sites for hydroxylation is 1. The maximum Gasteiger partial charge on any atom is 0.107 e. The Morgan fingerprint density at radius 3 is 2.59 bits per heavy atom. The Labute approximate surface area is 109 Å². The van der Waals surface area contributed by atoms with Gasteiger partial charge < -0.3 is 5.32 Å². The van der Waals surface area contributed by atoms with Gasteiger partial charge in [-0.2, -0.15) is 0 Å². The summed E-state index contributed by atoms with van der Waals surface area (Å²) in [5.41, 5.74) is 1.15. The quantitative estimate of drug-likeness (QED) is 0.879. The summed E-state index contributed by atoms with van der Waals surface area (Å²) in [6.45, 7) is 4.20. The normalized spacial score (nSPS) is 18.9. The second-order valence-corrected chi connectivity index (χ2v) is 6.17. The van der Waals surface area contributed by atoms with Crippen LogP contribution in [-0.2, 0) is 6.54 Å². The fourth-order valence-electron chi connectivity index (χ4n) is 2.61. The smallest absolute Gasteiger partial charge is 0.107 e. The van der Waals surface area contributed by atoms with Crippen LogP contribution in [0.15, 0.2) is 5.38 Å². The minimum atomic E-state index is 0.899. The molecule has 1 aromatic rings. The van der Waals surface area contributed by atoms with E-state index in [1.165, 1.54) is 56.5 Å². The number of nitrogens with zero attached hydrogens (tertiary/aromatic N) is 1. The highest BCUT2D eigenvalue weighted by Gasteiger charge is 2.11. The van der Waals surface area contributed by atoms with Gasteiger partial charge in [-0.05, 0) is 32.2 Å². The monoisotopic (exact) mass is 252 g/mol. The van der Waals surface area contributed by atoms with Crippen LogP contribution in [0.2, 0.25) is 0 Å². The molecule has 1 heterocycles. The van der Waals surface area contributed by atoms with Crippen molar-refractivity contribution in [2.75, 3.05) is 6.54 Å². The lowest BCUT2D eigenvalue weighted by atomic mass is 9.91. The molecule has 0 spiro atoms. The molecule has 1 aliphatic carbocycles. The van der Waals surface area contributed by atoms with Gasteiger partial charge in [0, 0.05) is 17.6 Å². The van der Waals surface area contributed by atoms with Gasteiger partial charge in [0.2, 0.25) is 0 Å². The summed E-state index contributed by atoms with van der Waals surface area (Å²) in [6.07, 6.45) is 10.1. The molecule has 1 aromatic heterocycles. The predicted octanol–water partition coefficient (Wildman–Crippen LogP) is 3.90. The Morgan fingerprint density at radius 2 is 1.94 bits per heavy atom. The molecular weight excluding hydrogens is 228 g/mol. The second kappa shape index (κ2) is 7.12. The highest BCUT2D eigenvalue weighted by Crippen LogP contribution is 2.21. The summed E-state index contributed by atoms with van der Waals surface area (Å²) in [4.78, 5) is 4.48. The van der Waals surface area contributed by atoms with Crippen molar-refractivity contribution in [3.05, 3.63) is 16.1 Å². The van der Waals surface area contributed by atoms with E-state index in [2.05, 4.69) is 22.6 Å². The van der Waals surface area contributed by atoms with Crippen molar-refractivity contribution in [3.8, 4) is 0 Å². The summed E-state index contributed by atoms with van der Waals surface area (Å²) in [6, 6.07) is 0. The van der Waals surface area contributed by atoms with E-state index in [0.717, 1.165) is 18.2 Å². The van der Waals surface area contributed by atoms with Gasteiger partial charge in [-0.3, -0.25) is 0 Å². The lowest BCUT2D eigenvalue weighted by Gasteiger charge is -2.19. The molecule has 17 heavy (non-hydrogen) atoms. The summed E-state index contributed by atoms with van der Waals surface area (Å²) in [7, 11) is 0. The van der Waals surface area contributed by atoms with E-state index in [1.807, 2.05) is 0 Å². The third kappa shape index (κ3) is 4.76. The van der Waals surface area contributed by atoms with Gasteiger partial charge in [0.05, 0.1) is 0 Å². The minimum absolute atomic E-state index is 0.899. The van der Waals surface area contributed by atoms with Crippen molar-refractivity contribution >= 4 is 11.3 Å². The van der Waals surface area contributed by atoms with E-state index in [0.29, 0.717) is 0 Å². The first-order valence-corrected chi connectivity index (χ1v) is 7.84. The van der Waals surface area contributed by atoms with E-state index in [1.54, 1.807) is 11.3 Å². The second-order valence-electron chi connectivity index (χ2n) is 5.22. The highest BCUT2D eigenvalue weighted by atomic mass is 32.1. The molecule has 3 heteroatoms. The zero-order chi connectivity index (χ0) is 11.9. The average molecular weight is 252 g/mol. The van der Waals surface area contributed by atoms with Gasteiger partial charge in [-0.1, -0.05) is 32.1 Å². The standard InChI is InChI=1S/C14H24N2S/c1-12-11-17-14(16-12)10-15-9-13-7-5-3-2-4-6-8-13/h11,13,15H,2-10H2,1H3. The summed E-state index contributed by atoms with van der Waals surface area (Å²) in [5.74, 6) is 0.899. The van der Waals surface area contributed by atoms with E-state index in [-0.39, 0.29) is 0 Å². The molecule has 1 saturated carbocycles. The van der Waals surface area contributed by atoms with Crippen LogP contribution in [0.1, 0.15) is 55.6 Å². The van der Waals surface area contributed by atoms with Crippen molar-refractivity contribution in [1.82, 2.24) is 10.3 Å². The molecule has 0 saturated heterocycles. The topological polar surface area (TPSA) is 24.9 Å². The van der Waals surface area contributed by atoms with Crippen LogP contribution in [0.5, 0.6) is 0 Å². The Morgan fingerprint density at radius 1 is 1.24 bits per heavy atom. The molecule has 1 N–H and O–H groups in total. The molecule has 0 unspecified atom stereocenters. The number of rotatable bonds is 4. The zero-order valence-electron chi connectivity index (χ0n) is 10.9. The van der Waals surface area contributed by atoms with Gasteiger partial charge in [-0.25, -0.2) is 4.98 Å². The third-order valence-corrected chi connectivity index (χ3v) is 4.57. The molecule has 2 nitrogen and oxygen atoms in total. The van der Waals surface area contributed by atoms with Crippen molar-refractivity contribution in [2.24, 2.45) is 5.92 Å². The van der Waals surface area contributed by atoms with Gasteiger partial charge in [0.1, 0.15) is 5.01 Å². The zero-order valence-corrected chi connectivity index (χ0v) is 11.7. The molecular formula is C14H24N2S. The maximum absolute atomic E-state index is 4.48. The number of thiazole rings is 1. The van der Waals surface area contributed by atoms with Crippen LogP contribution in [0.25, 0.3) is 0 Å². The number of hydrogen-bond donors (Lipinski definition) is 1. The largest absolute Gasteiger partial charge is 0.310 e. The molecule has 96 valence electrons. The summed E-state index contributed by atoms with van der Waals surface area (Å²) < 4.78 is 0. The van der Waals surface area contributed by atoms with Crippen LogP contribution in [0.3, 0.4) is 0 Å². The third-order valence-electron chi connectivity index (χ3n) is 3.60. The Hall–Kier alpha value is -0.410. The van der Waals surface area contributed by atoms with Crippen LogP contribution in [0, 0.1) is 12.8 Å². The maximum atomic E-state index is 4.48. The van der Waals surface area contributed by atoms with Crippen molar-refractivity contribution in [3.63, 3.8) is 0 Å². The van der Waals surface area contributed by atoms with Crippen molar-refractivity contribution in [1.29, 1.82) is 0 Å². The van der Waals surface area contributed by atoms with Gasteiger partial charge in [0.25, 0.3) is 0 Å². The fourth-order valence-corrected chi connectivity index (χ4v) is 3.35. The number of nitrogens with one attached hydrogen (secondary N) is 1. The highest BCUT2D eigenvalue weighted by molar-refractivity contribution is 7.09. The minimum Gasteiger partial charge on any atom is -0.310 e. The van der Waals surface area contributed by atoms with E-state index >= 15 is 0 Å². The van der Waals surface area contributed by atoms with Crippen LogP contribution >= 0.6 is 11.3 Å². The molecule has 0 amide bonds.